The van der Waals surface area contributed by atoms with E-state index in [1.165, 1.54) is 22.3 Å². The average Bonchev–Trinajstić information content (AvgIpc) is 3.56. The SMILES string of the molecule is O=C(NCCOCCOCCOCCOCCOCCOCCOCCOCCOCCOCCOc1ccccc1)OCC1c2ccccc2-c2ccccc21. The molecule has 0 bridgehead atoms. The molecule has 1 N–H and O–H groups in total. The second-order valence-corrected chi connectivity index (χ2v) is 12.5. The van der Waals surface area contributed by atoms with Gasteiger partial charge in [0.2, 0.25) is 0 Å². The van der Waals surface area contributed by atoms with Gasteiger partial charge in [-0.2, -0.15) is 0 Å². The summed E-state index contributed by atoms with van der Waals surface area (Å²) in [4.78, 5) is 12.3. The van der Waals surface area contributed by atoms with Crippen LogP contribution in [0.25, 0.3) is 11.1 Å². The monoisotopic (exact) mass is 799 g/mol. The second-order valence-electron chi connectivity index (χ2n) is 12.5. The summed E-state index contributed by atoms with van der Waals surface area (Å²) in [6, 6.07) is 26.2. The molecule has 14 nitrogen and oxygen atoms in total. The van der Waals surface area contributed by atoms with Crippen molar-refractivity contribution in [3.8, 4) is 16.9 Å². The van der Waals surface area contributed by atoms with Crippen molar-refractivity contribution in [1.29, 1.82) is 0 Å². The van der Waals surface area contributed by atoms with Crippen LogP contribution in [0.3, 0.4) is 0 Å². The standard InChI is InChI=1S/C43H61NO13/c45-43(57-36-42-40-12-6-4-10-38(40)39-11-5-7-13-41(39)42)44-14-15-46-16-17-47-18-19-48-20-21-49-22-23-50-24-25-51-26-27-52-28-29-53-30-31-54-32-33-55-34-35-56-37-8-2-1-3-9-37/h1-13,42H,14-36H2,(H,44,45). The number of amides is 1. The molecular formula is C43H61NO13. The first-order chi connectivity index (χ1) is 28.3. The third kappa shape index (κ3) is 20.5. The minimum atomic E-state index is -0.453. The average molecular weight is 800 g/mol. The van der Waals surface area contributed by atoms with E-state index < -0.39 is 6.09 Å². The van der Waals surface area contributed by atoms with Crippen molar-refractivity contribution >= 4 is 6.09 Å². The molecule has 1 aliphatic rings. The fraction of sp³-hybridized carbons (Fsp3) is 0.558. The molecule has 1 amide bonds. The molecule has 316 valence electrons. The summed E-state index contributed by atoms with van der Waals surface area (Å²) < 4.78 is 66.2. The third-order valence-corrected chi connectivity index (χ3v) is 8.45. The highest BCUT2D eigenvalue weighted by Gasteiger charge is 2.28. The zero-order chi connectivity index (χ0) is 39.7. The van der Waals surface area contributed by atoms with Gasteiger partial charge in [0, 0.05) is 12.5 Å². The molecule has 0 aromatic heterocycles. The number of para-hydroxylation sites is 1. The Balaban J connectivity index is 0.777. The van der Waals surface area contributed by atoms with E-state index in [1.54, 1.807) is 0 Å². The topological polar surface area (TPSA) is 140 Å². The number of hydrogen-bond acceptors (Lipinski definition) is 13. The molecule has 0 atom stereocenters. The molecule has 0 radical (unpaired) electrons. The smallest absolute Gasteiger partial charge is 0.407 e. The van der Waals surface area contributed by atoms with Crippen molar-refractivity contribution in [2.45, 2.75) is 5.92 Å². The van der Waals surface area contributed by atoms with Crippen LogP contribution in [0.1, 0.15) is 17.0 Å². The maximum atomic E-state index is 12.3. The second kappa shape index (κ2) is 31.3. The number of alkyl carbamates (subject to hydrolysis) is 1. The van der Waals surface area contributed by atoms with E-state index in [1.807, 2.05) is 54.6 Å². The van der Waals surface area contributed by atoms with Crippen molar-refractivity contribution in [3.05, 3.63) is 90.0 Å². The van der Waals surface area contributed by atoms with E-state index >= 15 is 0 Å². The molecule has 0 aliphatic heterocycles. The highest BCUT2D eigenvalue weighted by Crippen LogP contribution is 2.44. The predicted octanol–water partition coefficient (Wildman–Crippen LogP) is 4.77. The summed E-state index contributed by atoms with van der Waals surface area (Å²) >= 11 is 0. The fourth-order valence-corrected chi connectivity index (χ4v) is 5.69. The maximum absolute atomic E-state index is 12.3. The molecule has 3 aromatic rings. The zero-order valence-electron chi connectivity index (χ0n) is 33.2. The van der Waals surface area contributed by atoms with E-state index in [0.717, 1.165) is 5.75 Å². The van der Waals surface area contributed by atoms with E-state index in [-0.39, 0.29) is 12.5 Å². The fourth-order valence-electron chi connectivity index (χ4n) is 5.69. The van der Waals surface area contributed by atoms with Crippen LogP contribution in [0.4, 0.5) is 4.79 Å². The number of rotatable bonds is 36. The van der Waals surface area contributed by atoms with E-state index in [9.17, 15) is 4.79 Å². The molecule has 0 heterocycles. The van der Waals surface area contributed by atoms with Crippen molar-refractivity contribution in [2.24, 2.45) is 0 Å². The van der Waals surface area contributed by atoms with Crippen molar-refractivity contribution in [2.75, 3.05) is 152 Å². The Morgan fingerprint density at radius 1 is 0.404 bits per heavy atom. The van der Waals surface area contributed by atoms with E-state index in [0.29, 0.717) is 145 Å². The van der Waals surface area contributed by atoms with Gasteiger partial charge in [-0.15, -0.1) is 0 Å². The molecule has 0 saturated heterocycles. The molecule has 0 fully saturated rings. The first-order valence-electron chi connectivity index (χ1n) is 19.9. The summed E-state index contributed by atoms with van der Waals surface area (Å²) in [6.45, 7) is 10.8. The number of ether oxygens (including phenoxy) is 12. The van der Waals surface area contributed by atoms with Crippen LogP contribution in [0, 0.1) is 0 Å². The molecule has 1 aliphatic carbocycles. The van der Waals surface area contributed by atoms with Crippen LogP contribution in [0.2, 0.25) is 0 Å². The summed E-state index contributed by atoms with van der Waals surface area (Å²) in [5, 5.41) is 2.74. The minimum Gasteiger partial charge on any atom is -0.491 e. The van der Waals surface area contributed by atoms with Gasteiger partial charge in [0.1, 0.15) is 19.0 Å². The Kier molecular flexibility index (Phi) is 25.3. The predicted molar refractivity (Wildman–Crippen MR) is 213 cm³/mol. The molecule has 0 spiro atoms. The molecule has 0 unspecified atom stereocenters. The Morgan fingerprint density at radius 3 is 1.14 bits per heavy atom. The molecule has 0 saturated carbocycles. The first kappa shape index (κ1) is 46.0. The zero-order valence-corrected chi connectivity index (χ0v) is 33.2. The van der Waals surface area contributed by atoms with Crippen LogP contribution in [-0.2, 0) is 52.1 Å². The van der Waals surface area contributed by atoms with Gasteiger partial charge < -0.3 is 62.2 Å². The lowest BCUT2D eigenvalue weighted by Gasteiger charge is -2.14. The third-order valence-electron chi connectivity index (χ3n) is 8.45. The number of carbonyl (C=O) groups is 1. The molecular weight excluding hydrogens is 738 g/mol. The molecule has 4 rings (SSSR count). The van der Waals surface area contributed by atoms with Crippen molar-refractivity contribution in [1.82, 2.24) is 5.32 Å². The maximum Gasteiger partial charge on any atom is 0.407 e. The number of fused-ring (bicyclic) bond motifs is 3. The lowest BCUT2D eigenvalue weighted by molar-refractivity contribution is -0.0266. The number of hydrogen-bond donors (Lipinski definition) is 1. The Labute approximate surface area is 337 Å². The van der Waals surface area contributed by atoms with Gasteiger partial charge in [-0.3, -0.25) is 0 Å². The molecule has 14 heteroatoms. The molecule has 57 heavy (non-hydrogen) atoms. The first-order valence-corrected chi connectivity index (χ1v) is 19.9. The summed E-state index contributed by atoms with van der Waals surface area (Å²) in [5.41, 5.74) is 4.77. The van der Waals surface area contributed by atoms with Gasteiger partial charge in [-0.05, 0) is 34.4 Å². The highest BCUT2D eigenvalue weighted by molar-refractivity contribution is 5.79. The van der Waals surface area contributed by atoms with E-state index in [2.05, 4.69) is 29.6 Å². The van der Waals surface area contributed by atoms with Crippen LogP contribution < -0.4 is 10.1 Å². The Bertz CT molecular complexity index is 1390. The van der Waals surface area contributed by atoms with Crippen molar-refractivity contribution in [3.63, 3.8) is 0 Å². The normalized spacial score (nSPS) is 12.1. The summed E-state index contributed by atoms with van der Waals surface area (Å²) in [7, 11) is 0. The van der Waals surface area contributed by atoms with Gasteiger partial charge in [-0.25, -0.2) is 4.79 Å². The summed E-state index contributed by atoms with van der Waals surface area (Å²) in [6.07, 6.45) is -0.453. The Hall–Kier alpha value is -3.67. The number of nitrogens with one attached hydrogen (secondary N) is 1. The van der Waals surface area contributed by atoms with Gasteiger partial charge >= 0.3 is 6.09 Å². The lowest BCUT2D eigenvalue weighted by atomic mass is 9.98. The van der Waals surface area contributed by atoms with Gasteiger partial charge in [-0.1, -0.05) is 66.7 Å². The van der Waals surface area contributed by atoms with Crippen LogP contribution in [-0.4, -0.2) is 158 Å². The quantitative estimate of drug-likeness (QED) is 0.0809. The van der Waals surface area contributed by atoms with Crippen molar-refractivity contribution < 1.29 is 61.6 Å². The lowest BCUT2D eigenvalue weighted by Crippen LogP contribution is -2.29. The van der Waals surface area contributed by atoms with Gasteiger partial charge in [0.05, 0.1) is 132 Å². The molecule has 3 aromatic carbocycles. The van der Waals surface area contributed by atoms with Crippen LogP contribution in [0.5, 0.6) is 5.75 Å². The summed E-state index contributed by atoms with van der Waals surface area (Å²) in [5.74, 6) is 0.875. The minimum absolute atomic E-state index is 0.0358. The Morgan fingerprint density at radius 2 is 0.737 bits per heavy atom. The number of carbonyl (C=O) groups excluding carboxylic acids is 1. The van der Waals surface area contributed by atoms with E-state index in [4.69, 9.17) is 56.8 Å². The van der Waals surface area contributed by atoms with Gasteiger partial charge in [0.15, 0.2) is 0 Å². The van der Waals surface area contributed by atoms with Gasteiger partial charge in [0.25, 0.3) is 0 Å². The van der Waals surface area contributed by atoms with Crippen LogP contribution >= 0.6 is 0 Å². The largest absolute Gasteiger partial charge is 0.491 e. The highest BCUT2D eigenvalue weighted by atomic mass is 16.6. The van der Waals surface area contributed by atoms with Crippen LogP contribution in [0.15, 0.2) is 78.9 Å². The number of benzene rings is 3.